The third-order valence-electron chi connectivity index (χ3n) is 1.41. The molecule has 0 aliphatic rings. The van der Waals surface area contributed by atoms with Crippen LogP contribution in [0.1, 0.15) is 34.1 Å². The zero-order valence-corrected chi connectivity index (χ0v) is 10.1. The predicted molar refractivity (Wildman–Crippen MR) is 55.0 cm³/mol. The number of rotatable bonds is 3. The maximum absolute atomic E-state index is 11.2. The molecule has 15 heavy (non-hydrogen) atoms. The summed E-state index contributed by atoms with van der Waals surface area (Å²) < 4.78 is 35.1. The molecule has 1 atom stereocenters. The highest BCUT2D eigenvalue weighted by molar-refractivity contribution is 7.86. The van der Waals surface area contributed by atoms with Crippen molar-refractivity contribution in [3.05, 3.63) is 0 Å². The molecule has 0 radical (unpaired) electrons. The Labute approximate surface area is 89.7 Å². The van der Waals surface area contributed by atoms with Crippen molar-refractivity contribution in [1.29, 1.82) is 0 Å². The maximum atomic E-state index is 11.2. The number of hydrogen-bond donors (Lipinski definition) is 2. The van der Waals surface area contributed by atoms with E-state index in [1.807, 2.05) is 0 Å². The lowest BCUT2D eigenvalue weighted by molar-refractivity contribution is 0.0517. The summed E-state index contributed by atoms with van der Waals surface area (Å²) in [5, 5.41) is 0.738. The Hall–Kier alpha value is -0.820. The van der Waals surface area contributed by atoms with Crippen LogP contribution in [0, 0.1) is 0 Å². The summed E-state index contributed by atoms with van der Waals surface area (Å²) in [5.41, 5.74) is -0.707. The van der Waals surface area contributed by atoms with Crippen LogP contribution in [0.25, 0.3) is 0 Å². The molecular formula is C8H17NO5S. The Balaban J connectivity index is 4.40. The Morgan fingerprint density at radius 3 is 2.20 bits per heavy atom. The lowest BCUT2D eigenvalue weighted by Gasteiger charge is -2.21. The largest absolute Gasteiger partial charge is 0.444 e. The average molecular weight is 239 g/mol. The number of ether oxygens (including phenoxy) is 1. The molecular weight excluding hydrogens is 222 g/mol. The van der Waals surface area contributed by atoms with Crippen LogP contribution in [-0.4, -0.2) is 30.0 Å². The molecule has 0 heterocycles. The van der Waals surface area contributed by atoms with Crippen LogP contribution in [-0.2, 0) is 14.9 Å². The fourth-order valence-corrected chi connectivity index (χ4v) is 1.49. The fourth-order valence-electron chi connectivity index (χ4n) is 0.826. The van der Waals surface area contributed by atoms with Crippen molar-refractivity contribution < 1.29 is 22.5 Å². The fraction of sp³-hybridized carbons (Fsp3) is 0.875. The minimum atomic E-state index is -4.28. The van der Waals surface area contributed by atoms with Gasteiger partial charge in [0.1, 0.15) is 5.60 Å². The molecule has 0 rings (SSSR count). The first kappa shape index (κ1) is 14.2. The summed E-state index contributed by atoms with van der Waals surface area (Å²) in [6.45, 7) is 6.48. The first-order chi connectivity index (χ1) is 6.56. The average Bonchev–Trinajstić information content (AvgIpc) is 1.94. The molecule has 7 heteroatoms. The van der Waals surface area contributed by atoms with Crippen LogP contribution in [0.4, 0.5) is 4.79 Å². The van der Waals surface area contributed by atoms with Crippen molar-refractivity contribution in [1.82, 2.24) is 5.32 Å². The Morgan fingerprint density at radius 2 is 1.93 bits per heavy atom. The third kappa shape index (κ3) is 6.29. The van der Waals surface area contributed by atoms with Gasteiger partial charge in [-0.05, 0) is 27.2 Å². The number of alkyl carbamates (subject to hydrolysis) is 1. The molecule has 0 saturated carbocycles. The molecule has 6 nitrogen and oxygen atoms in total. The molecule has 0 bridgehead atoms. The van der Waals surface area contributed by atoms with E-state index in [-0.39, 0.29) is 6.42 Å². The molecule has 1 unspecified atom stereocenters. The van der Waals surface area contributed by atoms with Crippen LogP contribution in [0.15, 0.2) is 0 Å². The molecule has 0 aliphatic carbocycles. The minimum Gasteiger partial charge on any atom is -0.444 e. The molecule has 0 spiro atoms. The van der Waals surface area contributed by atoms with Crippen LogP contribution in [0.3, 0.4) is 0 Å². The van der Waals surface area contributed by atoms with Crippen molar-refractivity contribution in [3.8, 4) is 0 Å². The Kier molecular flexibility index (Phi) is 4.54. The van der Waals surface area contributed by atoms with Crippen LogP contribution in [0.5, 0.6) is 0 Å². The molecule has 0 aromatic rings. The Bertz CT molecular complexity index is 316. The highest BCUT2D eigenvalue weighted by Crippen LogP contribution is 2.08. The van der Waals surface area contributed by atoms with Gasteiger partial charge in [0, 0.05) is 0 Å². The van der Waals surface area contributed by atoms with Crippen LogP contribution in [0.2, 0.25) is 0 Å². The molecule has 1 amide bonds. The number of amides is 1. The summed E-state index contributed by atoms with van der Waals surface area (Å²) in [5.74, 6) is 0. The van der Waals surface area contributed by atoms with Gasteiger partial charge in [0.2, 0.25) is 0 Å². The van der Waals surface area contributed by atoms with Crippen LogP contribution >= 0.6 is 0 Å². The number of carbonyl (C=O) groups is 1. The molecule has 0 aromatic heterocycles. The van der Waals surface area contributed by atoms with E-state index in [2.05, 4.69) is 5.32 Å². The van der Waals surface area contributed by atoms with E-state index < -0.39 is 27.2 Å². The van der Waals surface area contributed by atoms with Gasteiger partial charge in [-0.15, -0.1) is 0 Å². The van der Waals surface area contributed by atoms with Gasteiger partial charge < -0.3 is 10.1 Å². The first-order valence-corrected chi connectivity index (χ1v) is 6.02. The third-order valence-corrected chi connectivity index (χ3v) is 2.58. The molecule has 0 aliphatic heterocycles. The van der Waals surface area contributed by atoms with E-state index in [0.717, 1.165) is 0 Å². The maximum Gasteiger partial charge on any atom is 0.408 e. The minimum absolute atomic E-state index is 0.0675. The molecule has 2 N–H and O–H groups in total. The second kappa shape index (κ2) is 4.80. The van der Waals surface area contributed by atoms with E-state index in [9.17, 15) is 13.2 Å². The zero-order chi connectivity index (χ0) is 12.3. The van der Waals surface area contributed by atoms with Crippen molar-refractivity contribution in [2.75, 3.05) is 0 Å². The SMILES string of the molecule is CCC(NC(=O)OC(C)(C)C)S(=O)(=O)O. The second-order valence-electron chi connectivity index (χ2n) is 4.06. The van der Waals surface area contributed by atoms with E-state index in [4.69, 9.17) is 9.29 Å². The lowest BCUT2D eigenvalue weighted by atomic mass is 10.2. The highest BCUT2D eigenvalue weighted by atomic mass is 32.2. The van der Waals surface area contributed by atoms with Gasteiger partial charge in [0.25, 0.3) is 10.1 Å². The molecule has 90 valence electrons. The van der Waals surface area contributed by atoms with Gasteiger partial charge in [-0.25, -0.2) is 4.79 Å². The van der Waals surface area contributed by atoms with Gasteiger partial charge in [0.05, 0.1) is 0 Å². The molecule has 0 aromatic carbocycles. The molecule has 0 fully saturated rings. The second-order valence-corrected chi connectivity index (χ2v) is 5.66. The predicted octanol–water partition coefficient (Wildman–Crippen LogP) is 1.14. The monoisotopic (exact) mass is 239 g/mol. The lowest BCUT2D eigenvalue weighted by Crippen LogP contribution is -2.42. The summed E-state index contributed by atoms with van der Waals surface area (Å²) in [7, 11) is -4.28. The van der Waals surface area contributed by atoms with Crippen molar-refractivity contribution >= 4 is 16.2 Å². The van der Waals surface area contributed by atoms with Gasteiger partial charge in [-0.1, -0.05) is 6.92 Å². The zero-order valence-electron chi connectivity index (χ0n) is 9.27. The topological polar surface area (TPSA) is 92.7 Å². The van der Waals surface area contributed by atoms with Gasteiger partial charge in [-0.2, -0.15) is 8.42 Å². The smallest absolute Gasteiger partial charge is 0.408 e. The number of carbonyl (C=O) groups excluding carboxylic acids is 1. The summed E-state index contributed by atoms with van der Waals surface area (Å²) in [6, 6.07) is 0. The molecule has 0 saturated heterocycles. The van der Waals surface area contributed by atoms with Crippen molar-refractivity contribution in [3.63, 3.8) is 0 Å². The van der Waals surface area contributed by atoms with Crippen molar-refractivity contribution in [2.24, 2.45) is 0 Å². The van der Waals surface area contributed by atoms with Crippen molar-refractivity contribution in [2.45, 2.75) is 45.1 Å². The van der Waals surface area contributed by atoms with E-state index in [1.54, 1.807) is 20.8 Å². The van der Waals surface area contributed by atoms with E-state index in [1.165, 1.54) is 6.92 Å². The normalized spacial score (nSPS) is 14.5. The van der Waals surface area contributed by atoms with E-state index in [0.29, 0.717) is 0 Å². The van der Waals surface area contributed by atoms with Crippen LogP contribution < -0.4 is 5.32 Å². The Morgan fingerprint density at radius 1 is 1.47 bits per heavy atom. The summed E-state index contributed by atoms with van der Waals surface area (Å²) in [4.78, 5) is 11.2. The number of nitrogens with one attached hydrogen (secondary N) is 1. The summed E-state index contributed by atoms with van der Waals surface area (Å²) in [6.07, 6.45) is -0.801. The van der Waals surface area contributed by atoms with Gasteiger partial charge in [-0.3, -0.25) is 4.55 Å². The van der Waals surface area contributed by atoms with Gasteiger partial charge >= 0.3 is 6.09 Å². The van der Waals surface area contributed by atoms with E-state index >= 15 is 0 Å². The van der Waals surface area contributed by atoms with Gasteiger partial charge in [0.15, 0.2) is 5.37 Å². The standard InChI is InChI=1S/C8H17NO5S/c1-5-6(15(11,12)13)9-7(10)14-8(2,3)4/h6H,5H2,1-4H3,(H,9,10)(H,11,12,13). The summed E-state index contributed by atoms with van der Waals surface area (Å²) >= 11 is 0. The highest BCUT2D eigenvalue weighted by Gasteiger charge is 2.25. The number of hydrogen-bond acceptors (Lipinski definition) is 4. The quantitative estimate of drug-likeness (QED) is 0.720. The first-order valence-electron chi connectivity index (χ1n) is 4.52.